The molecule has 0 saturated carbocycles. The summed E-state index contributed by atoms with van der Waals surface area (Å²) in [6.07, 6.45) is 29.8. The number of aliphatic hydroxyl groups excluding tert-OH is 7. The van der Waals surface area contributed by atoms with Gasteiger partial charge in [-0.05, 0) is 25.7 Å². The molecule has 2 heterocycles. The average molecular weight is 1050 g/mol. The average Bonchev–Trinajstić information content (AvgIpc) is 3.38. The standard InChI is InChI=1S/C58H108O15/c1-3-5-7-9-11-13-15-17-19-20-21-22-23-24-25-27-29-31-33-35-37-39-41-50(61)71-46(43-68-49(60)40-38-36-34-32-30-28-26-18-16-14-12-10-8-6-4-2)44-69-57-56(67)54(65)52(63)48(73-57)45-70-58-55(66)53(64)51(62)47(42-59)72-58/h4,46-48,51-59,62-67H,2-3,5-45H2,1H3/t46-,47+,48+,51-,52-,53?,54?,55?,56?,57+,58+/m1/s1. The van der Waals surface area contributed by atoms with Crippen LogP contribution in [0.3, 0.4) is 0 Å². The third-order valence-electron chi connectivity index (χ3n) is 14.6. The van der Waals surface area contributed by atoms with Gasteiger partial charge in [0.05, 0.1) is 19.8 Å². The number of aliphatic hydroxyl groups is 7. The number of allylic oxidation sites excluding steroid dienone is 1. The van der Waals surface area contributed by atoms with Crippen molar-refractivity contribution in [2.45, 2.75) is 318 Å². The van der Waals surface area contributed by atoms with Crippen molar-refractivity contribution >= 4 is 11.9 Å². The van der Waals surface area contributed by atoms with E-state index in [0.29, 0.717) is 12.8 Å². The maximum absolute atomic E-state index is 13.1. The third-order valence-corrected chi connectivity index (χ3v) is 14.6. The minimum Gasteiger partial charge on any atom is -0.462 e. The van der Waals surface area contributed by atoms with Crippen molar-refractivity contribution in [2.24, 2.45) is 0 Å². The Kier molecular flexibility index (Phi) is 41.8. The van der Waals surface area contributed by atoms with Crippen LogP contribution in [0.25, 0.3) is 0 Å². The molecule has 7 N–H and O–H groups in total. The summed E-state index contributed by atoms with van der Waals surface area (Å²) >= 11 is 0. The largest absolute Gasteiger partial charge is 0.462 e. The molecule has 0 aromatic heterocycles. The van der Waals surface area contributed by atoms with Gasteiger partial charge in [0, 0.05) is 12.8 Å². The summed E-state index contributed by atoms with van der Waals surface area (Å²) in [6, 6.07) is 0. The summed E-state index contributed by atoms with van der Waals surface area (Å²) in [6.45, 7) is 4.18. The number of ether oxygens (including phenoxy) is 6. The third kappa shape index (κ3) is 32.6. The van der Waals surface area contributed by atoms with Gasteiger partial charge in [-0.2, -0.15) is 0 Å². The van der Waals surface area contributed by atoms with Crippen molar-refractivity contribution in [3.8, 4) is 0 Å². The minimum absolute atomic E-state index is 0.171. The van der Waals surface area contributed by atoms with Crippen LogP contribution in [0.5, 0.6) is 0 Å². The summed E-state index contributed by atoms with van der Waals surface area (Å²) in [5.41, 5.74) is 0. The number of rotatable bonds is 49. The van der Waals surface area contributed by atoms with E-state index in [4.69, 9.17) is 28.4 Å². The molecule has 73 heavy (non-hydrogen) atoms. The lowest BCUT2D eigenvalue weighted by molar-refractivity contribution is -0.332. The van der Waals surface area contributed by atoms with Crippen molar-refractivity contribution < 1.29 is 73.8 Å². The molecule has 0 radical (unpaired) electrons. The van der Waals surface area contributed by atoms with Crippen LogP contribution < -0.4 is 0 Å². The van der Waals surface area contributed by atoms with Crippen LogP contribution in [0.1, 0.15) is 251 Å². The Morgan fingerprint density at radius 3 is 1.22 bits per heavy atom. The molecule has 2 aliphatic heterocycles. The van der Waals surface area contributed by atoms with Crippen LogP contribution in [0.15, 0.2) is 12.7 Å². The lowest BCUT2D eigenvalue weighted by Gasteiger charge is -2.42. The highest BCUT2D eigenvalue weighted by Gasteiger charge is 2.47. The number of unbranched alkanes of at least 4 members (excludes halogenated alkanes) is 34. The Bertz CT molecular complexity index is 1310. The van der Waals surface area contributed by atoms with E-state index in [-0.39, 0.29) is 26.1 Å². The first kappa shape index (κ1) is 67.3. The molecular formula is C58H108O15. The molecule has 0 aromatic carbocycles. The first-order valence-electron chi connectivity index (χ1n) is 29.7. The van der Waals surface area contributed by atoms with Gasteiger partial charge in [-0.1, -0.05) is 218 Å². The molecule has 0 aromatic rings. The molecule has 2 aliphatic rings. The van der Waals surface area contributed by atoms with E-state index in [2.05, 4.69) is 13.5 Å². The van der Waals surface area contributed by atoms with Gasteiger partial charge < -0.3 is 64.2 Å². The van der Waals surface area contributed by atoms with Crippen molar-refractivity contribution in [2.75, 3.05) is 26.4 Å². The smallest absolute Gasteiger partial charge is 0.306 e. The predicted molar refractivity (Wildman–Crippen MR) is 285 cm³/mol. The second-order valence-corrected chi connectivity index (χ2v) is 21.3. The normalized spacial score (nSPS) is 24.7. The van der Waals surface area contributed by atoms with Crippen LogP contribution >= 0.6 is 0 Å². The zero-order valence-electron chi connectivity index (χ0n) is 45.7. The zero-order valence-corrected chi connectivity index (χ0v) is 45.7. The second-order valence-electron chi connectivity index (χ2n) is 21.3. The van der Waals surface area contributed by atoms with Gasteiger partial charge in [-0.15, -0.1) is 6.58 Å². The summed E-state index contributed by atoms with van der Waals surface area (Å²) < 4.78 is 33.7. The molecule has 2 fully saturated rings. The molecule has 15 heteroatoms. The van der Waals surface area contributed by atoms with E-state index in [9.17, 15) is 45.3 Å². The number of carbonyl (C=O) groups excluding carboxylic acids is 2. The van der Waals surface area contributed by atoms with Gasteiger partial charge in [-0.3, -0.25) is 9.59 Å². The first-order chi connectivity index (χ1) is 35.5. The van der Waals surface area contributed by atoms with Gasteiger partial charge in [0.25, 0.3) is 0 Å². The zero-order chi connectivity index (χ0) is 53.2. The lowest BCUT2D eigenvalue weighted by atomic mass is 9.98. The Morgan fingerprint density at radius 1 is 0.452 bits per heavy atom. The van der Waals surface area contributed by atoms with Crippen LogP contribution in [0, 0.1) is 0 Å². The van der Waals surface area contributed by atoms with Crippen molar-refractivity contribution in [1.29, 1.82) is 0 Å². The molecule has 430 valence electrons. The summed E-state index contributed by atoms with van der Waals surface area (Å²) in [5, 5.41) is 72.3. The highest BCUT2D eigenvalue weighted by atomic mass is 16.7. The molecule has 2 rings (SSSR count). The fourth-order valence-corrected chi connectivity index (χ4v) is 9.79. The van der Waals surface area contributed by atoms with Gasteiger partial charge in [0.1, 0.15) is 55.4 Å². The van der Waals surface area contributed by atoms with E-state index >= 15 is 0 Å². The van der Waals surface area contributed by atoms with E-state index in [0.717, 1.165) is 44.9 Å². The van der Waals surface area contributed by atoms with Gasteiger partial charge in [0.15, 0.2) is 18.7 Å². The molecule has 4 unspecified atom stereocenters. The van der Waals surface area contributed by atoms with Crippen LogP contribution in [-0.4, -0.2) is 142 Å². The van der Waals surface area contributed by atoms with E-state index < -0.39 is 92.7 Å². The maximum Gasteiger partial charge on any atom is 0.306 e. The maximum atomic E-state index is 13.1. The first-order valence-corrected chi connectivity index (χ1v) is 29.7. The second kappa shape index (κ2) is 45.3. The number of hydrogen-bond donors (Lipinski definition) is 7. The van der Waals surface area contributed by atoms with Crippen LogP contribution in [0.4, 0.5) is 0 Å². The quantitative estimate of drug-likeness (QED) is 0.0171. The summed E-state index contributed by atoms with van der Waals surface area (Å²) in [5.74, 6) is -0.911. The van der Waals surface area contributed by atoms with Crippen molar-refractivity contribution in [3.05, 3.63) is 12.7 Å². The van der Waals surface area contributed by atoms with Crippen LogP contribution in [0.2, 0.25) is 0 Å². The Balaban J connectivity index is 1.72. The Labute approximate surface area is 441 Å². The van der Waals surface area contributed by atoms with E-state index in [1.54, 1.807) is 0 Å². The Morgan fingerprint density at radius 2 is 0.808 bits per heavy atom. The number of carbonyl (C=O) groups is 2. The van der Waals surface area contributed by atoms with Gasteiger partial charge in [0.2, 0.25) is 0 Å². The Hall–Kier alpha value is -1.76. The molecule has 0 amide bonds. The van der Waals surface area contributed by atoms with E-state index in [1.165, 1.54) is 173 Å². The molecule has 0 aliphatic carbocycles. The highest BCUT2D eigenvalue weighted by Crippen LogP contribution is 2.27. The minimum atomic E-state index is -1.76. The molecule has 0 bridgehead atoms. The fourth-order valence-electron chi connectivity index (χ4n) is 9.79. The van der Waals surface area contributed by atoms with Crippen molar-refractivity contribution in [3.63, 3.8) is 0 Å². The fraction of sp³-hybridized carbons (Fsp3) is 0.931. The topological polar surface area (TPSA) is 231 Å². The highest BCUT2D eigenvalue weighted by molar-refractivity contribution is 5.70. The lowest BCUT2D eigenvalue weighted by Crippen LogP contribution is -2.61. The van der Waals surface area contributed by atoms with Crippen LogP contribution in [-0.2, 0) is 38.0 Å². The molecule has 11 atom stereocenters. The molecule has 2 saturated heterocycles. The summed E-state index contributed by atoms with van der Waals surface area (Å²) in [7, 11) is 0. The SMILES string of the molecule is C=CCCCCCCCCCCCCCCCC(=O)OC[C@H](CO[C@H]1O[C@@H](CO[C@H]2O[C@@H](CO)[C@@H](O)C(O)C2O)[C@@H](O)C(O)C1O)OC(=O)CCCCCCCCCCCCCCCCCCCCCCCC. The predicted octanol–water partition coefficient (Wildman–Crippen LogP) is 10.1. The van der Waals surface area contributed by atoms with Gasteiger partial charge in [-0.25, -0.2) is 0 Å². The number of hydrogen-bond acceptors (Lipinski definition) is 15. The monoisotopic (exact) mass is 1040 g/mol. The molecule has 15 nitrogen and oxygen atoms in total. The molecule has 0 spiro atoms. The molecular weight excluding hydrogens is 937 g/mol. The van der Waals surface area contributed by atoms with E-state index in [1.807, 2.05) is 6.08 Å². The van der Waals surface area contributed by atoms with Gasteiger partial charge >= 0.3 is 11.9 Å². The summed E-state index contributed by atoms with van der Waals surface area (Å²) in [4.78, 5) is 25.9. The van der Waals surface area contributed by atoms with Crippen molar-refractivity contribution in [1.82, 2.24) is 0 Å². The number of esters is 2.